The molecule has 2 aromatic rings. The first-order valence-corrected chi connectivity index (χ1v) is 11.1. The zero-order valence-electron chi connectivity index (χ0n) is 18.0. The molecule has 0 aliphatic carbocycles. The lowest BCUT2D eigenvalue weighted by Crippen LogP contribution is -2.40. The largest absolute Gasteiger partial charge is 0.493 e. The zero-order chi connectivity index (χ0) is 21.8. The highest BCUT2D eigenvalue weighted by molar-refractivity contribution is 5.73. The maximum absolute atomic E-state index is 13.6. The Morgan fingerprint density at radius 3 is 2.35 bits per heavy atom. The molecule has 6 heteroatoms. The third kappa shape index (κ3) is 5.62. The highest BCUT2D eigenvalue weighted by Crippen LogP contribution is 2.37. The van der Waals surface area contributed by atoms with E-state index in [9.17, 15) is 13.6 Å². The summed E-state index contributed by atoms with van der Waals surface area (Å²) in [5.74, 6) is 1.23. The predicted octanol–water partition coefficient (Wildman–Crippen LogP) is 4.35. The van der Waals surface area contributed by atoms with Gasteiger partial charge >= 0.3 is 0 Å². The fourth-order valence-corrected chi connectivity index (χ4v) is 5.15. The van der Waals surface area contributed by atoms with Gasteiger partial charge in [-0.3, -0.25) is 9.69 Å². The van der Waals surface area contributed by atoms with Gasteiger partial charge in [-0.05, 0) is 54.5 Å². The fraction of sp³-hybridized carbons (Fsp3) is 0.480. The van der Waals surface area contributed by atoms with Gasteiger partial charge in [-0.2, -0.15) is 0 Å². The Bertz CT molecular complexity index is 864. The lowest BCUT2D eigenvalue weighted by atomic mass is 9.78. The van der Waals surface area contributed by atoms with Crippen molar-refractivity contribution in [1.29, 1.82) is 0 Å². The number of para-hydroxylation sites is 1. The summed E-state index contributed by atoms with van der Waals surface area (Å²) in [6.45, 7) is 6.10. The van der Waals surface area contributed by atoms with Crippen LogP contribution in [0.3, 0.4) is 0 Å². The summed E-state index contributed by atoms with van der Waals surface area (Å²) >= 11 is 0. The number of rotatable bonds is 6. The Kier molecular flexibility index (Phi) is 6.86. The number of hydrogen-bond acceptors (Lipinski definition) is 3. The molecule has 2 unspecified atom stereocenters. The third-order valence-electron chi connectivity index (χ3n) is 6.69. The van der Waals surface area contributed by atoms with Gasteiger partial charge in [-0.1, -0.05) is 18.2 Å². The molecular formula is C25H30F2N2O2. The van der Waals surface area contributed by atoms with E-state index >= 15 is 0 Å². The number of hydrogen-bond donors (Lipinski definition) is 0. The normalized spacial score (nSPS) is 22.6. The highest BCUT2D eigenvalue weighted by Gasteiger charge is 2.39. The maximum atomic E-state index is 13.6. The quantitative estimate of drug-likeness (QED) is 0.686. The van der Waals surface area contributed by atoms with Crippen molar-refractivity contribution in [2.45, 2.75) is 26.3 Å². The molecule has 2 aliphatic rings. The van der Waals surface area contributed by atoms with E-state index < -0.39 is 11.6 Å². The second-order valence-electron chi connectivity index (χ2n) is 8.86. The summed E-state index contributed by atoms with van der Waals surface area (Å²) in [6.07, 6.45) is 1.99. The van der Waals surface area contributed by atoms with Crippen molar-refractivity contribution in [1.82, 2.24) is 9.80 Å². The number of carbonyl (C=O) groups excluding carboxylic acids is 1. The van der Waals surface area contributed by atoms with Crippen LogP contribution in [0.15, 0.2) is 48.5 Å². The molecule has 4 nitrogen and oxygen atoms in total. The molecule has 4 rings (SSSR count). The van der Waals surface area contributed by atoms with E-state index in [2.05, 4.69) is 4.90 Å². The van der Waals surface area contributed by atoms with Crippen molar-refractivity contribution < 1.29 is 18.3 Å². The minimum absolute atomic E-state index is 0.142. The van der Waals surface area contributed by atoms with Crippen LogP contribution < -0.4 is 4.74 Å². The Morgan fingerprint density at radius 1 is 1.03 bits per heavy atom. The van der Waals surface area contributed by atoms with E-state index in [0.717, 1.165) is 50.8 Å². The molecule has 2 aromatic carbocycles. The highest BCUT2D eigenvalue weighted by atomic mass is 19.1. The smallest absolute Gasteiger partial charge is 0.219 e. The van der Waals surface area contributed by atoms with Crippen LogP contribution >= 0.6 is 0 Å². The molecule has 0 radical (unpaired) electrons. The van der Waals surface area contributed by atoms with E-state index in [0.29, 0.717) is 36.5 Å². The number of amides is 1. The first-order chi connectivity index (χ1) is 15.0. The average Bonchev–Trinajstić information content (AvgIpc) is 3.15. The lowest BCUT2D eigenvalue weighted by molar-refractivity contribution is -0.130. The van der Waals surface area contributed by atoms with Gasteiger partial charge in [-0.25, -0.2) is 8.78 Å². The van der Waals surface area contributed by atoms with Crippen molar-refractivity contribution in [3.8, 4) is 5.75 Å². The molecule has 0 saturated carbocycles. The van der Waals surface area contributed by atoms with E-state index in [-0.39, 0.29) is 5.91 Å². The average molecular weight is 429 g/mol. The molecule has 2 fully saturated rings. The van der Waals surface area contributed by atoms with Gasteiger partial charge in [0.2, 0.25) is 5.91 Å². The second-order valence-corrected chi connectivity index (χ2v) is 8.86. The van der Waals surface area contributed by atoms with Crippen molar-refractivity contribution in [3.05, 3.63) is 65.7 Å². The standard InChI is InChI=1S/C25H30F2N2O2/c1-18(30)29-9-7-20(8-10-29)25-16-28(14-19-11-22(26)13-23(27)12-19)15-21(25)17-31-24-5-3-2-4-6-24/h2-6,11-13,20-21,25H,7-10,14-17H2,1H3. The maximum Gasteiger partial charge on any atom is 0.219 e. The molecule has 31 heavy (non-hydrogen) atoms. The summed E-state index contributed by atoms with van der Waals surface area (Å²) < 4.78 is 33.4. The van der Waals surface area contributed by atoms with Crippen LogP contribution in [0.4, 0.5) is 8.78 Å². The number of likely N-dealkylation sites (tertiary alicyclic amines) is 2. The molecular weight excluding hydrogens is 398 g/mol. The topological polar surface area (TPSA) is 32.8 Å². The predicted molar refractivity (Wildman–Crippen MR) is 116 cm³/mol. The van der Waals surface area contributed by atoms with Gasteiger partial charge in [0.05, 0.1) is 6.61 Å². The Balaban J connectivity index is 1.44. The van der Waals surface area contributed by atoms with Crippen LogP contribution in [0, 0.1) is 29.4 Å². The summed E-state index contributed by atoms with van der Waals surface area (Å²) in [5.41, 5.74) is 0.660. The molecule has 2 saturated heterocycles. The number of benzene rings is 2. The Hall–Kier alpha value is -2.47. The van der Waals surface area contributed by atoms with Crippen LogP contribution in [0.5, 0.6) is 5.75 Å². The molecule has 1 amide bonds. The van der Waals surface area contributed by atoms with Gasteiger partial charge in [-0.15, -0.1) is 0 Å². The summed E-state index contributed by atoms with van der Waals surface area (Å²) in [4.78, 5) is 15.9. The molecule has 2 aliphatic heterocycles. The zero-order valence-corrected chi connectivity index (χ0v) is 18.0. The van der Waals surface area contributed by atoms with Crippen LogP contribution in [0.2, 0.25) is 0 Å². The number of piperidine rings is 1. The minimum Gasteiger partial charge on any atom is -0.493 e. The third-order valence-corrected chi connectivity index (χ3v) is 6.69. The SMILES string of the molecule is CC(=O)N1CCC(C2CN(Cc3cc(F)cc(F)c3)CC2COc2ccccc2)CC1. The summed E-state index contributed by atoms with van der Waals surface area (Å²) in [6, 6.07) is 13.6. The first kappa shape index (κ1) is 21.8. The van der Waals surface area contributed by atoms with Crippen LogP contribution in [0.1, 0.15) is 25.3 Å². The van der Waals surface area contributed by atoms with Gasteiger partial charge in [0.1, 0.15) is 17.4 Å². The van der Waals surface area contributed by atoms with Crippen molar-refractivity contribution in [3.63, 3.8) is 0 Å². The van der Waals surface area contributed by atoms with Gasteiger partial charge < -0.3 is 9.64 Å². The van der Waals surface area contributed by atoms with Crippen molar-refractivity contribution in [2.75, 3.05) is 32.8 Å². The van der Waals surface area contributed by atoms with E-state index in [1.165, 1.54) is 12.1 Å². The number of ether oxygens (including phenoxy) is 1. The Morgan fingerprint density at radius 2 is 1.71 bits per heavy atom. The second kappa shape index (κ2) is 9.77. The van der Waals surface area contributed by atoms with Crippen molar-refractivity contribution in [2.24, 2.45) is 17.8 Å². The molecule has 166 valence electrons. The number of halogens is 2. The van der Waals surface area contributed by atoms with Gasteiger partial charge in [0.15, 0.2) is 0 Å². The molecule has 0 bridgehead atoms. The van der Waals surface area contributed by atoms with E-state index in [1.54, 1.807) is 6.92 Å². The van der Waals surface area contributed by atoms with Crippen molar-refractivity contribution >= 4 is 5.91 Å². The fourth-order valence-electron chi connectivity index (χ4n) is 5.15. The molecule has 0 aromatic heterocycles. The lowest BCUT2D eigenvalue weighted by Gasteiger charge is -2.36. The number of carbonyl (C=O) groups is 1. The summed E-state index contributed by atoms with van der Waals surface area (Å²) in [5, 5.41) is 0. The molecule has 0 spiro atoms. The molecule has 2 atom stereocenters. The van der Waals surface area contributed by atoms with E-state index in [4.69, 9.17) is 4.74 Å². The van der Waals surface area contributed by atoms with Crippen LogP contribution in [0.25, 0.3) is 0 Å². The van der Waals surface area contributed by atoms with Crippen LogP contribution in [-0.4, -0.2) is 48.5 Å². The van der Waals surface area contributed by atoms with Gasteiger partial charge in [0.25, 0.3) is 0 Å². The molecule has 0 N–H and O–H groups in total. The van der Waals surface area contributed by atoms with E-state index in [1.807, 2.05) is 35.2 Å². The summed E-state index contributed by atoms with van der Waals surface area (Å²) in [7, 11) is 0. The Labute approximate surface area is 182 Å². The minimum atomic E-state index is -0.536. The van der Waals surface area contributed by atoms with Crippen LogP contribution in [-0.2, 0) is 11.3 Å². The molecule has 2 heterocycles. The first-order valence-electron chi connectivity index (χ1n) is 11.1. The van der Waals surface area contributed by atoms with Gasteiger partial charge in [0, 0.05) is 51.6 Å². The number of nitrogens with zero attached hydrogens (tertiary/aromatic N) is 2. The monoisotopic (exact) mass is 428 g/mol.